The molecule has 7 aromatic rings. The van der Waals surface area contributed by atoms with Gasteiger partial charge in [-0.25, -0.2) is 0 Å². The van der Waals surface area contributed by atoms with Crippen LogP contribution in [0.5, 0.6) is 0 Å². The van der Waals surface area contributed by atoms with Crippen LogP contribution < -0.4 is 4.90 Å². The minimum Gasteiger partial charge on any atom is -0.456 e. The van der Waals surface area contributed by atoms with Crippen molar-refractivity contribution in [2.45, 2.75) is 77.0 Å². The second-order valence-electron chi connectivity index (χ2n) is 17.7. The Hall–Kier alpha value is -5.08. The molecule has 4 fully saturated rings. The van der Waals surface area contributed by atoms with E-state index >= 15 is 0 Å². The summed E-state index contributed by atoms with van der Waals surface area (Å²) < 4.78 is 6.46. The van der Waals surface area contributed by atoms with Gasteiger partial charge in [-0.05, 0) is 168 Å². The monoisotopic (exact) mass is 689 g/mol. The maximum absolute atomic E-state index is 6.46. The van der Waals surface area contributed by atoms with Crippen LogP contribution in [0.4, 0.5) is 17.1 Å². The van der Waals surface area contributed by atoms with E-state index in [2.05, 4.69) is 148 Å². The fraction of sp³-hybridized carbons (Fsp3) is 0.294. The Morgan fingerprint density at radius 1 is 0.547 bits per heavy atom. The van der Waals surface area contributed by atoms with Crippen molar-refractivity contribution in [1.82, 2.24) is 0 Å². The topological polar surface area (TPSA) is 16.4 Å². The number of para-hydroxylation sites is 1. The van der Waals surface area contributed by atoms with E-state index in [0.29, 0.717) is 5.41 Å². The first-order valence-corrected chi connectivity index (χ1v) is 19.9. The van der Waals surface area contributed by atoms with Gasteiger partial charge in [-0.15, -0.1) is 0 Å². The van der Waals surface area contributed by atoms with E-state index in [1.165, 1.54) is 94.4 Å². The highest BCUT2D eigenvalue weighted by Crippen LogP contribution is 2.61. The van der Waals surface area contributed by atoms with Crippen LogP contribution in [0.15, 0.2) is 126 Å². The van der Waals surface area contributed by atoms with Crippen LogP contribution in [0.3, 0.4) is 0 Å². The maximum atomic E-state index is 6.46. The zero-order valence-corrected chi connectivity index (χ0v) is 31.4. The summed E-state index contributed by atoms with van der Waals surface area (Å²) in [7, 11) is 0. The van der Waals surface area contributed by atoms with E-state index in [-0.39, 0.29) is 5.41 Å². The van der Waals surface area contributed by atoms with Crippen molar-refractivity contribution < 1.29 is 4.42 Å². The van der Waals surface area contributed by atoms with Gasteiger partial charge in [0, 0.05) is 33.6 Å². The molecule has 53 heavy (non-hydrogen) atoms. The van der Waals surface area contributed by atoms with E-state index in [9.17, 15) is 0 Å². The molecular weight excluding hydrogens is 643 g/mol. The van der Waals surface area contributed by atoms with Crippen molar-refractivity contribution in [3.8, 4) is 22.3 Å². The van der Waals surface area contributed by atoms with Crippen LogP contribution in [-0.4, -0.2) is 0 Å². The normalized spacial score (nSPS) is 23.4. The molecule has 4 saturated carbocycles. The highest BCUT2D eigenvalue weighted by molar-refractivity contribution is 6.06. The van der Waals surface area contributed by atoms with Crippen molar-refractivity contribution in [3.05, 3.63) is 149 Å². The van der Waals surface area contributed by atoms with Crippen molar-refractivity contribution in [3.63, 3.8) is 0 Å². The molecule has 2 nitrogen and oxygen atoms in total. The van der Waals surface area contributed by atoms with Crippen LogP contribution >= 0.6 is 0 Å². The lowest BCUT2D eigenvalue weighted by Gasteiger charge is -2.57. The number of furan rings is 1. The van der Waals surface area contributed by atoms with Gasteiger partial charge in [0.05, 0.1) is 5.69 Å². The van der Waals surface area contributed by atoms with Crippen LogP contribution in [0.1, 0.15) is 80.2 Å². The maximum Gasteiger partial charge on any atom is 0.137 e. The average molecular weight is 690 g/mol. The summed E-state index contributed by atoms with van der Waals surface area (Å²) in [6.45, 7) is 9.31. The predicted molar refractivity (Wildman–Crippen MR) is 221 cm³/mol. The second-order valence-corrected chi connectivity index (χ2v) is 17.7. The molecule has 4 bridgehead atoms. The fourth-order valence-corrected chi connectivity index (χ4v) is 12.0. The molecule has 262 valence electrons. The SMILES string of the molecule is Cc1cc(-c2ccc(C34CC5CC(CC(C5)C3)C4)cc2)cc(C)c1N(c1ccc2c(c1)C(C)(C)c1ccccc1-2)c1ccc2c(c1)oc1ccccc12. The van der Waals surface area contributed by atoms with Crippen molar-refractivity contribution in [1.29, 1.82) is 0 Å². The minimum absolute atomic E-state index is 0.0907. The molecule has 0 aliphatic heterocycles. The number of nitrogens with zero attached hydrogens (tertiary/aromatic N) is 1. The summed E-state index contributed by atoms with van der Waals surface area (Å²) in [5.41, 5.74) is 17.8. The minimum atomic E-state index is -0.0907. The first kappa shape index (κ1) is 31.4. The summed E-state index contributed by atoms with van der Waals surface area (Å²) in [4.78, 5) is 2.47. The van der Waals surface area contributed by atoms with Gasteiger partial charge in [0.25, 0.3) is 0 Å². The zero-order chi connectivity index (χ0) is 35.6. The molecule has 0 spiro atoms. The van der Waals surface area contributed by atoms with E-state index in [0.717, 1.165) is 45.4 Å². The standard InChI is InChI=1S/C51H47NO/c1-31-21-37(36-13-15-38(16-14-36)51-28-33-23-34(29-51)25-35(24-33)30-51)22-32(2)49(31)52(40-18-20-44-43-10-6-8-12-47(43)53-48(44)27-40)39-17-19-42-41-9-5-7-11-45(41)50(3,4)46(42)26-39/h5-22,26-27,33-35H,23-25,28-30H2,1-4H3. The van der Waals surface area contributed by atoms with Crippen LogP contribution in [0.25, 0.3) is 44.2 Å². The Balaban J connectivity index is 1.02. The van der Waals surface area contributed by atoms with Gasteiger partial charge in [-0.3, -0.25) is 0 Å². The molecular formula is C51H47NO. The summed E-state index contributed by atoms with van der Waals surface area (Å²) in [6, 6.07) is 45.7. The second kappa shape index (κ2) is 11.2. The Morgan fingerprint density at radius 2 is 1.15 bits per heavy atom. The lowest BCUT2D eigenvalue weighted by atomic mass is 9.48. The molecule has 0 N–H and O–H groups in total. The van der Waals surface area contributed by atoms with Gasteiger partial charge in [-0.1, -0.05) is 86.6 Å². The largest absolute Gasteiger partial charge is 0.456 e. The molecule has 0 unspecified atom stereocenters. The molecule has 5 aliphatic carbocycles. The number of fused-ring (bicyclic) bond motifs is 6. The Morgan fingerprint density at radius 3 is 1.89 bits per heavy atom. The quantitative estimate of drug-likeness (QED) is 0.179. The van der Waals surface area contributed by atoms with Gasteiger partial charge < -0.3 is 9.32 Å². The average Bonchev–Trinajstić information content (AvgIpc) is 3.64. The summed E-state index contributed by atoms with van der Waals surface area (Å²) in [5.74, 6) is 2.88. The number of hydrogen-bond donors (Lipinski definition) is 0. The van der Waals surface area contributed by atoms with Gasteiger partial charge in [0.1, 0.15) is 11.2 Å². The molecule has 1 aromatic heterocycles. The third kappa shape index (κ3) is 4.70. The van der Waals surface area contributed by atoms with Gasteiger partial charge in [-0.2, -0.15) is 0 Å². The van der Waals surface area contributed by atoms with Gasteiger partial charge >= 0.3 is 0 Å². The van der Waals surface area contributed by atoms with E-state index in [4.69, 9.17) is 4.42 Å². The lowest BCUT2D eigenvalue weighted by molar-refractivity contribution is -0.00518. The first-order valence-electron chi connectivity index (χ1n) is 19.9. The molecule has 0 radical (unpaired) electrons. The molecule has 12 rings (SSSR count). The molecule has 2 heteroatoms. The van der Waals surface area contributed by atoms with Gasteiger partial charge in [0.2, 0.25) is 0 Å². The highest BCUT2D eigenvalue weighted by atomic mass is 16.3. The number of hydrogen-bond acceptors (Lipinski definition) is 2. The third-order valence-corrected chi connectivity index (χ3v) is 14.0. The van der Waals surface area contributed by atoms with E-state index < -0.39 is 0 Å². The van der Waals surface area contributed by atoms with Crippen LogP contribution in [-0.2, 0) is 10.8 Å². The van der Waals surface area contributed by atoms with Crippen molar-refractivity contribution >= 4 is 39.0 Å². The highest BCUT2D eigenvalue weighted by Gasteiger charge is 2.51. The summed E-state index contributed by atoms with van der Waals surface area (Å²) >= 11 is 0. The van der Waals surface area contributed by atoms with E-state index in [1.807, 2.05) is 6.07 Å². The third-order valence-electron chi connectivity index (χ3n) is 14.0. The van der Waals surface area contributed by atoms with Crippen molar-refractivity contribution in [2.75, 3.05) is 4.90 Å². The van der Waals surface area contributed by atoms with Crippen molar-refractivity contribution in [2.24, 2.45) is 17.8 Å². The number of aryl methyl sites for hydroxylation is 2. The lowest BCUT2D eigenvalue weighted by Crippen LogP contribution is -2.48. The molecule has 1 heterocycles. The predicted octanol–water partition coefficient (Wildman–Crippen LogP) is 14.1. The molecule has 0 saturated heterocycles. The van der Waals surface area contributed by atoms with Crippen LogP contribution in [0.2, 0.25) is 0 Å². The van der Waals surface area contributed by atoms with Crippen LogP contribution in [0, 0.1) is 31.6 Å². The molecule has 5 aliphatic rings. The van der Waals surface area contributed by atoms with Gasteiger partial charge in [0.15, 0.2) is 0 Å². The number of rotatable bonds is 5. The number of anilines is 3. The summed E-state index contributed by atoms with van der Waals surface area (Å²) in [5, 5.41) is 2.30. The smallest absolute Gasteiger partial charge is 0.137 e. The molecule has 0 amide bonds. The number of benzene rings is 6. The Bertz CT molecular complexity index is 2540. The van der Waals surface area contributed by atoms with E-state index in [1.54, 1.807) is 5.56 Å². The molecule has 0 atom stereocenters. The Kier molecular flexibility index (Phi) is 6.65. The Labute approximate surface area is 313 Å². The molecule has 6 aromatic carbocycles. The first-order chi connectivity index (χ1) is 25.7. The zero-order valence-electron chi connectivity index (χ0n) is 31.4. The fourth-order valence-electron chi connectivity index (χ4n) is 12.0. The summed E-state index contributed by atoms with van der Waals surface area (Å²) in [6.07, 6.45) is 8.69.